The molecule has 21 heavy (non-hydrogen) atoms. The molecule has 4 heteroatoms. The van der Waals surface area contributed by atoms with E-state index in [-0.39, 0.29) is 0 Å². The molecule has 2 aromatic carbocycles. The monoisotopic (exact) mass is 314 g/mol. The van der Waals surface area contributed by atoms with Crippen LogP contribution in [-0.4, -0.2) is 24.5 Å². The molecule has 0 amide bonds. The van der Waals surface area contributed by atoms with Gasteiger partial charge >= 0.3 is 0 Å². The fraction of sp³-hybridized carbons (Fsp3) is 0.176. The summed E-state index contributed by atoms with van der Waals surface area (Å²) in [5.41, 5.74) is 2.38. The molecule has 0 aliphatic heterocycles. The van der Waals surface area contributed by atoms with Crippen LogP contribution in [0.2, 0.25) is 0 Å². The van der Waals surface area contributed by atoms with Crippen LogP contribution in [0.15, 0.2) is 58.3 Å². The minimum absolute atomic E-state index is 1.11. The molecule has 0 atom stereocenters. The van der Waals surface area contributed by atoms with Gasteiger partial charge in [-0.2, -0.15) is 0 Å². The Bertz CT molecular complexity index is 764. The minimum Gasteiger partial charge on any atom is -0.341 e. The van der Waals surface area contributed by atoms with Crippen LogP contribution in [0.1, 0.15) is 0 Å². The number of aromatic nitrogens is 1. The van der Waals surface area contributed by atoms with Crippen molar-refractivity contribution in [1.29, 1.82) is 0 Å². The highest BCUT2D eigenvalue weighted by Gasteiger charge is 2.08. The number of thioether (sulfide) groups is 2. The fourth-order valence-electron chi connectivity index (χ4n) is 2.36. The lowest BCUT2D eigenvalue weighted by Gasteiger charge is -2.18. The van der Waals surface area contributed by atoms with Crippen LogP contribution in [-0.2, 0) is 0 Å². The summed E-state index contributed by atoms with van der Waals surface area (Å²) in [5, 5.41) is 1.25. The van der Waals surface area contributed by atoms with Crippen molar-refractivity contribution in [2.24, 2.45) is 0 Å². The lowest BCUT2D eigenvalue weighted by atomic mass is 10.2. The molecule has 0 spiro atoms. The Hall–Kier alpha value is -1.52. The Labute approximate surface area is 133 Å². The summed E-state index contributed by atoms with van der Waals surface area (Å²) < 4.78 is 0. The summed E-state index contributed by atoms with van der Waals surface area (Å²) in [5.74, 6) is 1.11. The van der Waals surface area contributed by atoms with Crippen LogP contribution < -0.4 is 4.90 Å². The number of hydrogen-bond acceptors (Lipinski definition) is 3. The summed E-state index contributed by atoms with van der Waals surface area (Å²) in [6.07, 6.45) is 4.21. The number of nitrogens with one attached hydrogen (secondary N) is 1. The van der Waals surface area contributed by atoms with E-state index in [1.807, 2.05) is 0 Å². The molecule has 1 heterocycles. The topological polar surface area (TPSA) is 19.0 Å². The molecule has 0 bridgehead atoms. The molecule has 0 radical (unpaired) electrons. The van der Waals surface area contributed by atoms with Gasteiger partial charge in [0.15, 0.2) is 0 Å². The van der Waals surface area contributed by atoms with Gasteiger partial charge in [0.05, 0.1) is 0 Å². The Balaban J connectivity index is 1.98. The fourth-order valence-corrected chi connectivity index (χ4v) is 3.25. The molecule has 0 aliphatic carbocycles. The van der Waals surface area contributed by atoms with E-state index in [1.165, 1.54) is 26.4 Å². The van der Waals surface area contributed by atoms with Crippen LogP contribution in [0.3, 0.4) is 0 Å². The van der Waals surface area contributed by atoms with E-state index in [0.29, 0.717) is 0 Å². The third-order valence-corrected chi connectivity index (χ3v) is 5.07. The largest absolute Gasteiger partial charge is 0.341 e. The number of fused-ring (bicyclic) bond motifs is 1. The minimum atomic E-state index is 1.11. The lowest BCUT2D eigenvalue weighted by molar-refractivity contribution is 1.15. The molecule has 108 valence electrons. The van der Waals surface area contributed by atoms with Gasteiger partial charge in [-0.3, -0.25) is 0 Å². The standard InChI is InChI=1S/C17H18N2S2/c1-19(13-5-4-6-14(10-13)20-2)17-9-12-7-8-15(21-3)11-16(12)18-17/h4-11,18H,1-3H3. The predicted molar refractivity (Wildman–Crippen MR) is 96.4 cm³/mol. The molecule has 3 rings (SSSR count). The second kappa shape index (κ2) is 6.08. The average molecular weight is 314 g/mol. The van der Waals surface area contributed by atoms with Crippen molar-refractivity contribution in [3.05, 3.63) is 48.5 Å². The summed E-state index contributed by atoms with van der Waals surface area (Å²) in [6, 6.07) is 17.3. The van der Waals surface area contributed by atoms with Crippen LogP contribution in [0.4, 0.5) is 11.5 Å². The number of aromatic amines is 1. The van der Waals surface area contributed by atoms with Crippen LogP contribution >= 0.6 is 23.5 Å². The van der Waals surface area contributed by atoms with Crippen molar-refractivity contribution in [2.45, 2.75) is 9.79 Å². The summed E-state index contributed by atoms with van der Waals surface area (Å²) in [6.45, 7) is 0. The molecule has 3 aromatic rings. The maximum Gasteiger partial charge on any atom is 0.111 e. The first-order valence-corrected chi connectivity index (χ1v) is 9.21. The molecule has 1 aromatic heterocycles. The second-order valence-corrected chi connectivity index (χ2v) is 6.63. The Morgan fingerprint density at radius 2 is 1.67 bits per heavy atom. The molecule has 0 unspecified atom stereocenters. The summed E-state index contributed by atoms with van der Waals surface area (Å²) in [4.78, 5) is 8.26. The van der Waals surface area contributed by atoms with Crippen molar-refractivity contribution in [3.8, 4) is 0 Å². The van der Waals surface area contributed by atoms with Gasteiger partial charge in [-0.15, -0.1) is 23.5 Å². The van der Waals surface area contributed by atoms with Gasteiger partial charge in [0, 0.05) is 33.4 Å². The van der Waals surface area contributed by atoms with Gasteiger partial charge in [0.25, 0.3) is 0 Å². The molecule has 1 N–H and O–H groups in total. The summed E-state index contributed by atoms with van der Waals surface area (Å²) >= 11 is 3.53. The maximum absolute atomic E-state index is 3.51. The predicted octanol–water partition coefficient (Wildman–Crippen LogP) is 5.38. The van der Waals surface area contributed by atoms with E-state index < -0.39 is 0 Å². The van der Waals surface area contributed by atoms with Crippen molar-refractivity contribution in [2.75, 3.05) is 24.5 Å². The highest BCUT2D eigenvalue weighted by molar-refractivity contribution is 7.98. The van der Waals surface area contributed by atoms with Crippen LogP contribution in [0.5, 0.6) is 0 Å². The number of nitrogens with zero attached hydrogens (tertiary/aromatic N) is 1. The van der Waals surface area contributed by atoms with Crippen molar-refractivity contribution in [3.63, 3.8) is 0 Å². The normalized spacial score (nSPS) is 11.0. The molecule has 0 saturated heterocycles. The zero-order valence-electron chi connectivity index (χ0n) is 12.4. The SMILES string of the molecule is CSc1cccc(N(C)c2cc3ccc(SC)cc3[nH]2)c1. The smallest absolute Gasteiger partial charge is 0.111 e. The van der Waals surface area contributed by atoms with Gasteiger partial charge in [-0.25, -0.2) is 0 Å². The second-order valence-electron chi connectivity index (χ2n) is 4.87. The number of benzene rings is 2. The van der Waals surface area contributed by atoms with Crippen molar-refractivity contribution < 1.29 is 0 Å². The van der Waals surface area contributed by atoms with Gasteiger partial charge < -0.3 is 9.88 Å². The number of hydrogen-bond donors (Lipinski definition) is 1. The van der Waals surface area contributed by atoms with Crippen molar-refractivity contribution >= 4 is 45.9 Å². The highest BCUT2D eigenvalue weighted by Crippen LogP contribution is 2.30. The first-order valence-electron chi connectivity index (χ1n) is 6.76. The van der Waals surface area contributed by atoms with Crippen LogP contribution in [0.25, 0.3) is 10.9 Å². The van der Waals surface area contributed by atoms with E-state index in [1.54, 1.807) is 23.5 Å². The summed E-state index contributed by atoms with van der Waals surface area (Å²) in [7, 11) is 2.10. The average Bonchev–Trinajstić information content (AvgIpc) is 2.97. The number of H-pyrrole nitrogens is 1. The van der Waals surface area contributed by atoms with E-state index >= 15 is 0 Å². The molecule has 0 fully saturated rings. The Morgan fingerprint density at radius 3 is 2.43 bits per heavy atom. The van der Waals surface area contributed by atoms with Gasteiger partial charge in [0.2, 0.25) is 0 Å². The Morgan fingerprint density at radius 1 is 0.905 bits per heavy atom. The quantitative estimate of drug-likeness (QED) is 0.652. The van der Waals surface area contributed by atoms with Gasteiger partial charge in [-0.1, -0.05) is 12.1 Å². The first-order chi connectivity index (χ1) is 10.2. The lowest BCUT2D eigenvalue weighted by Crippen LogP contribution is -2.09. The third-order valence-electron chi connectivity index (χ3n) is 3.62. The van der Waals surface area contributed by atoms with E-state index in [4.69, 9.17) is 0 Å². The van der Waals surface area contributed by atoms with Gasteiger partial charge in [0.1, 0.15) is 5.82 Å². The van der Waals surface area contributed by atoms with Crippen molar-refractivity contribution in [1.82, 2.24) is 4.98 Å². The Kier molecular flexibility index (Phi) is 4.17. The number of rotatable bonds is 4. The number of anilines is 2. The highest BCUT2D eigenvalue weighted by atomic mass is 32.2. The molecule has 0 aliphatic rings. The molecule has 0 saturated carbocycles. The first kappa shape index (κ1) is 14.4. The molecular weight excluding hydrogens is 296 g/mol. The zero-order valence-corrected chi connectivity index (χ0v) is 14.0. The van der Waals surface area contributed by atoms with Gasteiger partial charge in [-0.05, 0) is 48.9 Å². The van der Waals surface area contributed by atoms with E-state index in [9.17, 15) is 0 Å². The van der Waals surface area contributed by atoms with Crippen LogP contribution in [0, 0.1) is 0 Å². The maximum atomic E-state index is 3.51. The molecule has 2 nitrogen and oxygen atoms in total. The zero-order chi connectivity index (χ0) is 14.8. The molecular formula is C17H18N2S2. The van der Waals surface area contributed by atoms with E-state index in [0.717, 1.165) is 5.82 Å². The van der Waals surface area contributed by atoms with E-state index in [2.05, 4.69) is 78.0 Å². The third kappa shape index (κ3) is 2.92.